The van der Waals surface area contributed by atoms with Crippen LogP contribution in [0.5, 0.6) is 0 Å². The maximum Gasteiger partial charge on any atom is 0.0953 e. The summed E-state index contributed by atoms with van der Waals surface area (Å²) in [6, 6.07) is 2.10. The third-order valence-corrected chi connectivity index (χ3v) is 4.51. The van der Waals surface area contributed by atoms with Gasteiger partial charge >= 0.3 is 0 Å². The van der Waals surface area contributed by atoms with Crippen LogP contribution in [-0.4, -0.2) is 17.3 Å². The van der Waals surface area contributed by atoms with Crippen LogP contribution >= 0.6 is 11.3 Å². The maximum absolute atomic E-state index is 10.7. The highest BCUT2D eigenvalue weighted by Crippen LogP contribution is 2.42. The summed E-state index contributed by atoms with van der Waals surface area (Å²) in [7, 11) is 0. The molecule has 1 aliphatic rings. The molecule has 0 spiro atoms. The number of thiophene rings is 1. The SMILES string of the molecule is CCC1(C)CC(O)(c2csc(C)c2)CCO1. The summed E-state index contributed by atoms with van der Waals surface area (Å²) in [4.78, 5) is 1.26. The highest BCUT2D eigenvalue weighted by Gasteiger charge is 2.42. The summed E-state index contributed by atoms with van der Waals surface area (Å²) in [5.74, 6) is 0. The van der Waals surface area contributed by atoms with Gasteiger partial charge in [-0.1, -0.05) is 6.92 Å². The van der Waals surface area contributed by atoms with E-state index in [-0.39, 0.29) is 5.60 Å². The molecular weight excluding hydrogens is 220 g/mol. The maximum atomic E-state index is 10.7. The molecule has 0 amide bonds. The van der Waals surface area contributed by atoms with Crippen LogP contribution in [0.25, 0.3) is 0 Å². The van der Waals surface area contributed by atoms with Crippen LogP contribution < -0.4 is 0 Å². The molecule has 2 unspecified atom stereocenters. The van der Waals surface area contributed by atoms with Gasteiger partial charge in [-0.3, -0.25) is 0 Å². The number of aryl methyl sites for hydroxylation is 1. The van der Waals surface area contributed by atoms with Crippen LogP contribution in [0.3, 0.4) is 0 Å². The molecule has 1 aromatic rings. The number of rotatable bonds is 2. The summed E-state index contributed by atoms with van der Waals surface area (Å²) in [5, 5.41) is 12.8. The van der Waals surface area contributed by atoms with Gasteiger partial charge in [0.05, 0.1) is 17.8 Å². The molecule has 3 heteroatoms. The van der Waals surface area contributed by atoms with Crippen molar-refractivity contribution >= 4 is 11.3 Å². The van der Waals surface area contributed by atoms with Crippen molar-refractivity contribution in [3.63, 3.8) is 0 Å². The smallest absolute Gasteiger partial charge is 0.0953 e. The summed E-state index contributed by atoms with van der Waals surface area (Å²) in [6.45, 7) is 6.94. The van der Waals surface area contributed by atoms with Gasteiger partial charge in [0.1, 0.15) is 0 Å². The minimum Gasteiger partial charge on any atom is -0.385 e. The fraction of sp³-hybridized carbons (Fsp3) is 0.692. The Kier molecular flexibility index (Phi) is 3.12. The fourth-order valence-electron chi connectivity index (χ4n) is 2.39. The van der Waals surface area contributed by atoms with E-state index in [0.29, 0.717) is 19.4 Å². The Bertz CT molecular complexity index is 374. The lowest BCUT2D eigenvalue weighted by Gasteiger charge is -2.43. The van der Waals surface area contributed by atoms with Gasteiger partial charge in [-0.05, 0) is 37.3 Å². The van der Waals surface area contributed by atoms with E-state index in [2.05, 4.69) is 32.2 Å². The van der Waals surface area contributed by atoms with Gasteiger partial charge in [0.25, 0.3) is 0 Å². The van der Waals surface area contributed by atoms with Crippen LogP contribution in [0.15, 0.2) is 11.4 Å². The first-order chi connectivity index (χ1) is 7.47. The molecule has 0 aliphatic carbocycles. The van der Waals surface area contributed by atoms with Crippen molar-refractivity contribution in [3.8, 4) is 0 Å². The van der Waals surface area contributed by atoms with Gasteiger partial charge < -0.3 is 9.84 Å². The third-order valence-electron chi connectivity index (χ3n) is 3.65. The zero-order valence-electron chi connectivity index (χ0n) is 10.2. The van der Waals surface area contributed by atoms with Crippen LogP contribution in [-0.2, 0) is 10.3 Å². The van der Waals surface area contributed by atoms with Crippen LogP contribution in [0.4, 0.5) is 0 Å². The lowest BCUT2D eigenvalue weighted by Crippen LogP contribution is -2.45. The Hall–Kier alpha value is -0.380. The number of ether oxygens (including phenoxy) is 1. The van der Waals surface area contributed by atoms with E-state index < -0.39 is 5.60 Å². The predicted molar refractivity (Wildman–Crippen MR) is 66.8 cm³/mol. The van der Waals surface area contributed by atoms with Crippen molar-refractivity contribution in [2.45, 2.75) is 51.2 Å². The molecule has 0 aromatic carbocycles. The third kappa shape index (κ3) is 2.17. The van der Waals surface area contributed by atoms with Crippen LogP contribution in [0.2, 0.25) is 0 Å². The molecule has 90 valence electrons. The van der Waals surface area contributed by atoms with Crippen LogP contribution in [0, 0.1) is 6.92 Å². The van der Waals surface area contributed by atoms with E-state index in [0.717, 1.165) is 12.0 Å². The van der Waals surface area contributed by atoms with Gasteiger partial charge in [-0.2, -0.15) is 0 Å². The Balaban J connectivity index is 2.25. The molecule has 16 heavy (non-hydrogen) atoms. The minimum absolute atomic E-state index is 0.178. The second kappa shape index (κ2) is 4.13. The number of hydrogen-bond acceptors (Lipinski definition) is 3. The summed E-state index contributed by atoms with van der Waals surface area (Å²) in [6.07, 6.45) is 2.35. The van der Waals surface area contributed by atoms with Crippen molar-refractivity contribution < 1.29 is 9.84 Å². The highest BCUT2D eigenvalue weighted by atomic mass is 32.1. The molecule has 2 atom stereocenters. The predicted octanol–water partition coefficient (Wildman–Crippen LogP) is 3.22. The van der Waals surface area contributed by atoms with E-state index in [4.69, 9.17) is 4.74 Å². The van der Waals surface area contributed by atoms with Crippen molar-refractivity contribution in [2.75, 3.05) is 6.61 Å². The van der Waals surface area contributed by atoms with E-state index in [1.54, 1.807) is 11.3 Å². The van der Waals surface area contributed by atoms with Gasteiger partial charge in [-0.15, -0.1) is 11.3 Å². The average Bonchev–Trinajstić information content (AvgIpc) is 2.65. The van der Waals surface area contributed by atoms with Gasteiger partial charge in [0.15, 0.2) is 0 Å². The molecule has 0 saturated carbocycles. The summed E-state index contributed by atoms with van der Waals surface area (Å²) < 4.78 is 5.78. The fourth-order valence-corrected chi connectivity index (χ4v) is 3.18. The molecule has 2 rings (SSSR count). The van der Waals surface area contributed by atoms with Crippen molar-refractivity contribution in [2.24, 2.45) is 0 Å². The summed E-state index contributed by atoms with van der Waals surface area (Å²) >= 11 is 1.70. The van der Waals surface area contributed by atoms with Crippen molar-refractivity contribution in [1.82, 2.24) is 0 Å². The van der Waals surface area contributed by atoms with E-state index >= 15 is 0 Å². The topological polar surface area (TPSA) is 29.5 Å². The van der Waals surface area contributed by atoms with Crippen molar-refractivity contribution in [1.29, 1.82) is 0 Å². The number of hydrogen-bond donors (Lipinski definition) is 1. The molecule has 0 radical (unpaired) electrons. The van der Waals surface area contributed by atoms with E-state index in [1.807, 2.05) is 0 Å². The zero-order valence-corrected chi connectivity index (χ0v) is 11.1. The quantitative estimate of drug-likeness (QED) is 0.860. The van der Waals surface area contributed by atoms with E-state index in [9.17, 15) is 5.11 Å². The second-order valence-electron chi connectivity index (χ2n) is 5.06. The monoisotopic (exact) mass is 240 g/mol. The Labute approximate surface area is 101 Å². The lowest BCUT2D eigenvalue weighted by molar-refractivity contribution is -0.157. The summed E-state index contributed by atoms with van der Waals surface area (Å²) in [5.41, 5.74) is 0.203. The molecule has 1 saturated heterocycles. The first kappa shape index (κ1) is 12.1. The van der Waals surface area contributed by atoms with Crippen molar-refractivity contribution in [3.05, 3.63) is 21.9 Å². The molecule has 1 aliphatic heterocycles. The molecule has 1 fully saturated rings. The van der Waals surface area contributed by atoms with Gasteiger partial charge in [-0.25, -0.2) is 0 Å². The molecule has 0 bridgehead atoms. The largest absolute Gasteiger partial charge is 0.385 e. The molecule has 2 nitrogen and oxygen atoms in total. The van der Waals surface area contributed by atoms with Crippen LogP contribution in [0.1, 0.15) is 43.6 Å². The first-order valence-electron chi connectivity index (χ1n) is 5.89. The second-order valence-corrected chi connectivity index (χ2v) is 6.17. The molecule has 2 heterocycles. The normalized spacial score (nSPS) is 35.2. The molecule has 1 aromatic heterocycles. The van der Waals surface area contributed by atoms with E-state index in [1.165, 1.54) is 4.88 Å². The lowest BCUT2D eigenvalue weighted by atomic mass is 9.78. The Morgan fingerprint density at radius 3 is 2.88 bits per heavy atom. The first-order valence-corrected chi connectivity index (χ1v) is 6.77. The average molecular weight is 240 g/mol. The zero-order chi connectivity index (χ0) is 11.8. The minimum atomic E-state index is -0.687. The standard InChI is InChI=1S/C13H20O2S/c1-4-12(3)9-13(14,5-6-15-12)11-7-10(2)16-8-11/h7-8,14H,4-6,9H2,1-3H3. The highest BCUT2D eigenvalue weighted by molar-refractivity contribution is 7.10. The molecular formula is C13H20O2S. The van der Waals surface area contributed by atoms with Gasteiger partial charge in [0, 0.05) is 17.7 Å². The van der Waals surface area contributed by atoms with Gasteiger partial charge in [0.2, 0.25) is 0 Å². The Morgan fingerprint density at radius 1 is 1.56 bits per heavy atom. The molecule has 1 N–H and O–H groups in total. The Morgan fingerprint density at radius 2 is 2.31 bits per heavy atom. The number of aliphatic hydroxyl groups is 1.